The van der Waals surface area contributed by atoms with Crippen LogP contribution < -0.4 is 14.9 Å². The van der Waals surface area contributed by atoms with E-state index >= 15 is 0 Å². The van der Waals surface area contributed by atoms with Gasteiger partial charge in [0.25, 0.3) is 0 Å². The highest BCUT2D eigenvalue weighted by Crippen LogP contribution is 2.45. The lowest BCUT2D eigenvalue weighted by atomic mass is 10.1. The molecule has 0 fully saturated rings. The second-order valence-electron chi connectivity index (χ2n) is 5.15. The van der Waals surface area contributed by atoms with Crippen molar-refractivity contribution in [2.24, 2.45) is 5.10 Å². The molecule has 0 bridgehead atoms. The van der Waals surface area contributed by atoms with E-state index in [1.807, 2.05) is 0 Å². The van der Waals surface area contributed by atoms with Crippen LogP contribution in [-0.4, -0.2) is 38.1 Å². The van der Waals surface area contributed by atoms with E-state index in [2.05, 4.69) is 11.7 Å². The summed E-state index contributed by atoms with van der Waals surface area (Å²) in [4.78, 5) is 0. The lowest BCUT2D eigenvalue weighted by Gasteiger charge is -2.27. The lowest BCUT2D eigenvalue weighted by Crippen LogP contribution is -2.58. The Kier molecular flexibility index (Phi) is 7.10. The van der Waals surface area contributed by atoms with Gasteiger partial charge in [-0.25, -0.2) is 5.43 Å². The third-order valence-electron chi connectivity index (χ3n) is 3.19. The van der Waals surface area contributed by atoms with Crippen LogP contribution in [0.3, 0.4) is 0 Å². The van der Waals surface area contributed by atoms with Gasteiger partial charge >= 0.3 is 18.1 Å². The molecule has 27 heavy (non-hydrogen) atoms. The van der Waals surface area contributed by atoms with Gasteiger partial charge < -0.3 is 9.47 Å². The Bertz CT molecular complexity index is 688. The Morgan fingerprint density at radius 1 is 1.15 bits per heavy atom. The molecule has 0 aromatic heterocycles. The highest BCUT2D eigenvalue weighted by atomic mass is 19.4. The van der Waals surface area contributed by atoms with Crippen molar-refractivity contribution in [1.29, 1.82) is 0 Å². The van der Waals surface area contributed by atoms with Crippen molar-refractivity contribution in [2.75, 3.05) is 13.7 Å². The Labute approximate surface area is 150 Å². The first kappa shape index (κ1) is 22.6. The van der Waals surface area contributed by atoms with E-state index < -0.39 is 18.1 Å². The molecule has 0 saturated carbocycles. The number of nitrogens with zero attached hydrogens (tertiary/aromatic N) is 1. The zero-order valence-electron chi connectivity index (χ0n) is 14.3. The van der Waals surface area contributed by atoms with Crippen LogP contribution in [0.15, 0.2) is 29.9 Å². The molecule has 1 rings (SSSR count). The van der Waals surface area contributed by atoms with Crippen LogP contribution in [0, 0.1) is 0 Å². The standard InChI is InChI=1S/C16H17F7N2O2/c1-4-6-11-7-10(8-12(27-5-2)13(11)26-3)9-24-25-16(22,23)14(17,18)15(19,20)21/h4,7-9,25H,1,5-6H2,2-3H3/b24-9+. The maximum Gasteiger partial charge on any atom is 0.462 e. The van der Waals surface area contributed by atoms with E-state index in [9.17, 15) is 30.7 Å². The summed E-state index contributed by atoms with van der Waals surface area (Å²) in [5, 5.41) is 2.82. The molecule has 0 atom stereocenters. The normalized spacial score (nSPS) is 12.9. The van der Waals surface area contributed by atoms with Crippen molar-refractivity contribution in [3.05, 3.63) is 35.9 Å². The Balaban J connectivity index is 3.15. The van der Waals surface area contributed by atoms with Gasteiger partial charge in [-0.15, -0.1) is 6.58 Å². The maximum absolute atomic E-state index is 13.2. The summed E-state index contributed by atoms with van der Waals surface area (Å²) in [6.07, 6.45) is -3.97. The highest BCUT2D eigenvalue weighted by molar-refractivity contribution is 5.81. The molecule has 152 valence electrons. The first-order chi connectivity index (χ1) is 12.4. The summed E-state index contributed by atoms with van der Waals surface area (Å²) < 4.78 is 98.7. The zero-order valence-corrected chi connectivity index (χ0v) is 14.3. The molecule has 1 aromatic rings. The summed E-state index contributed by atoms with van der Waals surface area (Å²) in [7, 11) is 1.37. The molecule has 0 unspecified atom stereocenters. The second kappa shape index (κ2) is 8.49. The minimum absolute atomic E-state index is 0.106. The van der Waals surface area contributed by atoms with Crippen LogP contribution in [0.1, 0.15) is 18.1 Å². The molecule has 0 heterocycles. The number of hydrogen-bond acceptors (Lipinski definition) is 4. The van der Waals surface area contributed by atoms with Gasteiger partial charge in [-0.05, 0) is 31.0 Å². The second-order valence-corrected chi connectivity index (χ2v) is 5.15. The molecule has 0 radical (unpaired) electrons. The van der Waals surface area contributed by atoms with Gasteiger partial charge in [-0.2, -0.15) is 35.8 Å². The number of hydrogen-bond donors (Lipinski definition) is 1. The molecular weight excluding hydrogens is 385 g/mol. The predicted octanol–water partition coefficient (Wildman–Crippen LogP) is 4.54. The van der Waals surface area contributed by atoms with E-state index in [0.29, 0.717) is 29.4 Å². The highest BCUT2D eigenvalue weighted by Gasteiger charge is 2.73. The van der Waals surface area contributed by atoms with Crippen molar-refractivity contribution in [3.63, 3.8) is 0 Å². The van der Waals surface area contributed by atoms with E-state index in [1.54, 1.807) is 6.92 Å². The van der Waals surface area contributed by atoms with Crippen molar-refractivity contribution >= 4 is 6.21 Å². The van der Waals surface area contributed by atoms with Gasteiger partial charge in [-0.3, -0.25) is 0 Å². The van der Waals surface area contributed by atoms with Crippen LogP contribution in [0.5, 0.6) is 11.5 Å². The van der Waals surface area contributed by atoms with Crippen molar-refractivity contribution < 1.29 is 40.2 Å². The summed E-state index contributed by atoms with van der Waals surface area (Å²) in [5.74, 6) is -5.74. The van der Waals surface area contributed by atoms with Crippen molar-refractivity contribution in [2.45, 2.75) is 31.5 Å². The summed E-state index contributed by atoms with van der Waals surface area (Å²) in [5.41, 5.74) is 1.19. The van der Waals surface area contributed by atoms with Gasteiger partial charge in [0.15, 0.2) is 11.5 Å². The molecule has 4 nitrogen and oxygen atoms in total. The first-order valence-electron chi connectivity index (χ1n) is 7.48. The number of rotatable bonds is 9. The fourth-order valence-electron chi connectivity index (χ4n) is 2.00. The number of benzene rings is 1. The molecule has 1 aromatic carbocycles. The summed E-state index contributed by atoms with van der Waals surface area (Å²) in [6.45, 7) is 5.46. The molecule has 11 heteroatoms. The third kappa shape index (κ3) is 5.04. The van der Waals surface area contributed by atoms with Gasteiger partial charge in [0, 0.05) is 5.56 Å². The molecular formula is C16H17F7N2O2. The predicted molar refractivity (Wildman–Crippen MR) is 84.7 cm³/mol. The van der Waals surface area contributed by atoms with E-state index in [1.165, 1.54) is 25.3 Å². The Morgan fingerprint density at radius 3 is 2.26 bits per heavy atom. The number of halogens is 7. The summed E-state index contributed by atoms with van der Waals surface area (Å²) in [6, 6.07) is -2.92. The average Bonchev–Trinajstić information content (AvgIpc) is 2.54. The van der Waals surface area contributed by atoms with Gasteiger partial charge in [0.05, 0.1) is 19.9 Å². The van der Waals surface area contributed by atoms with Crippen LogP contribution >= 0.6 is 0 Å². The molecule has 0 aliphatic carbocycles. The van der Waals surface area contributed by atoms with E-state index in [4.69, 9.17) is 9.47 Å². The zero-order chi connectivity index (χ0) is 20.9. The summed E-state index contributed by atoms with van der Waals surface area (Å²) >= 11 is 0. The molecule has 0 aliphatic rings. The van der Waals surface area contributed by atoms with Crippen LogP contribution in [0.2, 0.25) is 0 Å². The number of alkyl halides is 7. The average molecular weight is 402 g/mol. The fourth-order valence-corrected chi connectivity index (χ4v) is 2.00. The minimum Gasteiger partial charge on any atom is -0.493 e. The van der Waals surface area contributed by atoms with Gasteiger partial charge in [0.1, 0.15) is 0 Å². The lowest BCUT2D eigenvalue weighted by molar-refractivity contribution is -0.361. The quantitative estimate of drug-likeness (QED) is 0.217. The molecule has 0 amide bonds. The molecule has 0 saturated heterocycles. The third-order valence-corrected chi connectivity index (χ3v) is 3.19. The first-order valence-corrected chi connectivity index (χ1v) is 7.48. The number of nitrogens with one attached hydrogen (secondary N) is 1. The van der Waals surface area contributed by atoms with Gasteiger partial charge in [0.2, 0.25) is 0 Å². The number of ether oxygens (including phenoxy) is 2. The smallest absolute Gasteiger partial charge is 0.462 e. The van der Waals surface area contributed by atoms with Crippen molar-refractivity contribution in [3.8, 4) is 11.5 Å². The number of allylic oxidation sites excluding steroid dienone is 1. The van der Waals surface area contributed by atoms with E-state index in [-0.39, 0.29) is 17.9 Å². The van der Waals surface area contributed by atoms with Crippen LogP contribution in [0.4, 0.5) is 30.7 Å². The molecule has 1 N–H and O–H groups in total. The van der Waals surface area contributed by atoms with Crippen LogP contribution in [0.25, 0.3) is 0 Å². The fraction of sp³-hybridized carbons (Fsp3) is 0.438. The molecule has 0 spiro atoms. The van der Waals surface area contributed by atoms with Gasteiger partial charge in [-0.1, -0.05) is 6.08 Å². The number of methoxy groups -OCH3 is 1. The SMILES string of the molecule is C=CCc1cc(/C=N/NC(F)(F)C(F)(F)C(F)(F)F)cc(OCC)c1OC. The van der Waals surface area contributed by atoms with E-state index in [0.717, 1.165) is 0 Å². The minimum atomic E-state index is -6.45. The Morgan fingerprint density at radius 2 is 1.78 bits per heavy atom. The van der Waals surface area contributed by atoms with Crippen molar-refractivity contribution in [1.82, 2.24) is 5.43 Å². The topological polar surface area (TPSA) is 42.9 Å². The maximum atomic E-state index is 13.2. The monoisotopic (exact) mass is 402 g/mol. The Hall–Kier alpha value is -2.46. The molecule has 0 aliphatic heterocycles. The largest absolute Gasteiger partial charge is 0.493 e. The number of hydrazone groups is 1. The van der Waals surface area contributed by atoms with Crippen LogP contribution in [-0.2, 0) is 6.42 Å².